The molecule has 0 bridgehead atoms. The Balaban J connectivity index is 1.40. The van der Waals surface area contributed by atoms with Crippen LogP contribution >= 0.6 is 0 Å². The van der Waals surface area contributed by atoms with Crippen molar-refractivity contribution in [2.24, 2.45) is 0 Å². The minimum Gasteiger partial charge on any atom is -0.445 e. The van der Waals surface area contributed by atoms with Crippen LogP contribution in [0.3, 0.4) is 0 Å². The fourth-order valence-corrected chi connectivity index (χ4v) is 3.45. The zero-order valence-corrected chi connectivity index (χ0v) is 15.4. The minimum absolute atomic E-state index is 0.183. The first-order valence-corrected chi connectivity index (χ1v) is 9.38. The molecule has 1 heterocycles. The molecular formula is C23H21NO4. The first kappa shape index (κ1) is 18.0. The Bertz CT molecular complexity index is 986. The van der Waals surface area contributed by atoms with Gasteiger partial charge in [0.25, 0.3) is 0 Å². The van der Waals surface area contributed by atoms with Crippen molar-refractivity contribution in [3.63, 3.8) is 0 Å². The second-order valence-corrected chi connectivity index (χ2v) is 6.82. The van der Waals surface area contributed by atoms with Gasteiger partial charge < -0.3 is 9.47 Å². The van der Waals surface area contributed by atoms with Crippen LogP contribution in [0.2, 0.25) is 0 Å². The number of amides is 1. The molecule has 0 aliphatic carbocycles. The summed E-state index contributed by atoms with van der Waals surface area (Å²) in [7, 11) is 0. The number of carbonyl (C=O) groups excluding carboxylic acids is 2. The van der Waals surface area contributed by atoms with Crippen molar-refractivity contribution in [1.29, 1.82) is 0 Å². The monoisotopic (exact) mass is 375 g/mol. The number of esters is 1. The third-order valence-corrected chi connectivity index (χ3v) is 4.90. The molecule has 1 amide bonds. The lowest BCUT2D eigenvalue weighted by molar-refractivity contribution is -0.139. The molecule has 1 aliphatic heterocycles. The number of likely N-dealkylation sites (tertiary alicyclic amines) is 1. The van der Waals surface area contributed by atoms with E-state index in [0.29, 0.717) is 18.7 Å². The normalized spacial score (nSPS) is 16.1. The quantitative estimate of drug-likeness (QED) is 0.496. The molecule has 0 radical (unpaired) electrons. The van der Waals surface area contributed by atoms with Gasteiger partial charge >= 0.3 is 12.1 Å². The van der Waals surface area contributed by atoms with Crippen LogP contribution in [-0.4, -0.2) is 29.5 Å². The summed E-state index contributed by atoms with van der Waals surface area (Å²) in [6.45, 7) is 0.674. The Morgan fingerprint density at radius 2 is 1.68 bits per heavy atom. The van der Waals surface area contributed by atoms with Gasteiger partial charge in [-0.2, -0.15) is 0 Å². The number of rotatable bonds is 4. The Morgan fingerprint density at radius 3 is 2.50 bits per heavy atom. The Morgan fingerprint density at radius 1 is 0.929 bits per heavy atom. The fraction of sp³-hybridized carbons (Fsp3) is 0.217. The molecule has 0 unspecified atom stereocenters. The minimum atomic E-state index is -0.616. The fourth-order valence-electron chi connectivity index (χ4n) is 3.45. The molecule has 142 valence electrons. The average molecular weight is 375 g/mol. The van der Waals surface area contributed by atoms with Crippen molar-refractivity contribution in [3.05, 3.63) is 78.4 Å². The summed E-state index contributed by atoms with van der Waals surface area (Å²) in [5.41, 5.74) is 0.908. The van der Waals surface area contributed by atoms with Gasteiger partial charge in [0.2, 0.25) is 0 Å². The Labute approximate surface area is 163 Å². The number of hydrogen-bond acceptors (Lipinski definition) is 4. The number of ether oxygens (including phenoxy) is 2. The van der Waals surface area contributed by atoms with Crippen LogP contribution in [0.15, 0.2) is 72.8 Å². The van der Waals surface area contributed by atoms with Crippen molar-refractivity contribution in [2.45, 2.75) is 25.5 Å². The molecular weight excluding hydrogens is 354 g/mol. The molecule has 1 atom stereocenters. The lowest BCUT2D eigenvalue weighted by Gasteiger charge is -2.22. The van der Waals surface area contributed by atoms with E-state index in [-0.39, 0.29) is 6.61 Å². The van der Waals surface area contributed by atoms with Gasteiger partial charge in [0.15, 0.2) is 0 Å². The van der Waals surface area contributed by atoms with Crippen molar-refractivity contribution < 1.29 is 19.1 Å². The summed E-state index contributed by atoms with van der Waals surface area (Å²) in [5.74, 6) is 0.0534. The van der Waals surface area contributed by atoms with E-state index in [0.717, 1.165) is 22.8 Å². The van der Waals surface area contributed by atoms with Gasteiger partial charge in [-0.05, 0) is 41.3 Å². The molecule has 0 aromatic heterocycles. The number of carbonyl (C=O) groups is 2. The first-order chi connectivity index (χ1) is 13.7. The number of nitrogens with zero attached hydrogens (tertiary/aromatic N) is 1. The summed E-state index contributed by atoms with van der Waals surface area (Å²) in [6.07, 6.45) is 0.840. The largest absolute Gasteiger partial charge is 0.445 e. The van der Waals surface area contributed by atoms with Gasteiger partial charge in [-0.3, -0.25) is 4.90 Å². The lowest BCUT2D eigenvalue weighted by Crippen LogP contribution is -2.42. The molecule has 5 heteroatoms. The molecule has 3 aromatic carbocycles. The van der Waals surface area contributed by atoms with Gasteiger partial charge in [0, 0.05) is 6.54 Å². The van der Waals surface area contributed by atoms with E-state index in [1.165, 1.54) is 4.90 Å². The second-order valence-electron chi connectivity index (χ2n) is 6.82. The molecule has 0 saturated carbocycles. The molecule has 0 spiro atoms. The van der Waals surface area contributed by atoms with Crippen LogP contribution in [0.25, 0.3) is 10.8 Å². The standard InChI is InChI=1S/C23H21NO4/c25-22(28-20-13-12-18-9-4-5-10-19(18)15-20)21-11-6-14-24(21)23(26)27-16-17-7-2-1-3-8-17/h1-5,7-10,12-13,15,21H,6,11,14,16H2/t21-/m0/s1. The number of hydrogen-bond donors (Lipinski definition) is 0. The maximum Gasteiger partial charge on any atom is 0.410 e. The van der Waals surface area contributed by atoms with E-state index in [1.54, 1.807) is 6.07 Å². The van der Waals surface area contributed by atoms with Crippen molar-refractivity contribution in [3.8, 4) is 5.75 Å². The van der Waals surface area contributed by atoms with Gasteiger partial charge in [0.1, 0.15) is 18.4 Å². The third kappa shape index (κ3) is 3.98. The number of fused-ring (bicyclic) bond motifs is 1. The zero-order chi connectivity index (χ0) is 19.3. The van der Waals surface area contributed by atoms with E-state index in [2.05, 4.69) is 0 Å². The molecule has 28 heavy (non-hydrogen) atoms. The first-order valence-electron chi connectivity index (χ1n) is 9.38. The highest BCUT2D eigenvalue weighted by atomic mass is 16.6. The van der Waals surface area contributed by atoms with E-state index in [1.807, 2.05) is 66.7 Å². The summed E-state index contributed by atoms with van der Waals surface area (Å²) in [6, 6.07) is 22.3. The molecule has 5 nitrogen and oxygen atoms in total. The van der Waals surface area contributed by atoms with Crippen molar-refractivity contribution in [2.75, 3.05) is 6.54 Å². The summed E-state index contributed by atoms with van der Waals surface area (Å²) < 4.78 is 10.9. The molecule has 1 aliphatic rings. The van der Waals surface area contributed by atoms with E-state index in [4.69, 9.17) is 9.47 Å². The molecule has 4 rings (SSSR count). The summed E-state index contributed by atoms with van der Waals surface area (Å²) >= 11 is 0. The molecule has 0 N–H and O–H groups in total. The summed E-state index contributed by atoms with van der Waals surface area (Å²) in [4.78, 5) is 26.6. The highest BCUT2D eigenvalue weighted by Crippen LogP contribution is 2.24. The maximum atomic E-state index is 12.7. The van der Waals surface area contributed by atoms with Crippen molar-refractivity contribution >= 4 is 22.8 Å². The van der Waals surface area contributed by atoms with Crippen LogP contribution in [0, 0.1) is 0 Å². The van der Waals surface area contributed by atoms with Crippen LogP contribution in [-0.2, 0) is 16.1 Å². The van der Waals surface area contributed by atoms with Gasteiger partial charge in [0.05, 0.1) is 0 Å². The topological polar surface area (TPSA) is 55.8 Å². The Hall–Kier alpha value is -3.34. The molecule has 3 aromatic rings. The third-order valence-electron chi connectivity index (χ3n) is 4.90. The van der Waals surface area contributed by atoms with Gasteiger partial charge in [-0.1, -0.05) is 60.7 Å². The number of benzene rings is 3. The van der Waals surface area contributed by atoms with Crippen LogP contribution in [0.4, 0.5) is 4.79 Å². The van der Waals surface area contributed by atoms with E-state index >= 15 is 0 Å². The summed E-state index contributed by atoms with van der Waals surface area (Å²) in [5, 5.41) is 2.08. The Kier molecular flexibility index (Phi) is 5.24. The highest BCUT2D eigenvalue weighted by Gasteiger charge is 2.36. The molecule has 1 saturated heterocycles. The maximum absolute atomic E-state index is 12.7. The van der Waals surface area contributed by atoms with Crippen LogP contribution < -0.4 is 4.74 Å². The average Bonchev–Trinajstić information content (AvgIpc) is 3.23. The second kappa shape index (κ2) is 8.13. The van der Waals surface area contributed by atoms with Gasteiger partial charge in [-0.25, -0.2) is 9.59 Å². The SMILES string of the molecule is O=C(Oc1ccc2ccccc2c1)[C@@H]1CCCN1C(=O)OCc1ccccc1. The van der Waals surface area contributed by atoms with Crippen LogP contribution in [0.1, 0.15) is 18.4 Å². The predicted octanol–water partition coefficient (Wildman–Crippen LogP) is 4.55. The van der Waals surface area contributed by atoms with E-state index < -0.39 is 18.1 Å². The van der Waals surface area contributed by atoms with Crippen molar-refractivity contribution in [1.82, 2.24) is 4.90 Å². The van der Waals surface area contributed by atoms with Gasteiger partial charge in [-0.15, -0.1) is 0 Å². The van der Waals surface area contributed by atoms with E-state index in [9.17, 15) is 9.59 Å². The van der Waals surface area contributed by atoms with Crippen LogP contribution in [0.5, 0.6) is 5.75 Å². The zero-order valence-electron chi connectivity index (χ0n) is 15.4. The smallest absolute Gasteiger partial charge is 0.410 e. The molecule has 1 fully saturated rings. The highest BCUT2D eigenvalue weighted by molar-refractivity contribution is 5.87. The predicted molar refractivity (Wildman–Crippen MR) is 106 cm³/mol. The lowest BCUT2D eigenvalue weighted by atomic mass is 10.1.